The first-order chi connectivity index (χ1) is 5.24. The zero-order chi connectivity index (χ0) is 8.27. The maximum absolute atomic E-state index is 5.62. The lowest BCUT2D eigenvalue weighted by atomic mass is 10.2. The van der Waals surface area contributed by atoms with E-state index in [2.05, 4.69) is 4.98 Å². The lowest BCUT2D eigenvalue weighted by molar-refractivity contribution is 0.395. The number of aromatic nitrogens is 1. The van der Waals surface area contributed by atoms with Crippen molar-refractivity contribution in [3.63, 3.8) is 0 Å². The van der Waals surface area contributed by atoms with Gasteiger partial charge in [0.25, 0.3) is 0 Å². The number of nitrogens with two attached hydrogens (primary N) is 1. The van der Waals surface area contributed by atoms with Crippen LogP contribution in [-0.4, -0.2) is 12.1 Å². The highest BCUT2D eigenvalue weighted by molar-refractivity contribution is 5.85. The summed E-state index contributed by atoms with van der Waals surface area (Å²) < 4.78 is 4.94. The van der Waals surface area contributed by atoms with Crippen molar-refractivity contribution in [2.45, 2.75) is 13.0 Å². The Hall–Kier alpha value is -0.800. The van der Waals surface area contributed by atoms with Gasteiger partial charge in [-0.3, -0.25) is 0 Å². The van der Waals surface area contributed by atoms with E-state index in [1.165, 1.54) is 0 Å². The molecule has 0 bridgehead atoms. The molecule has 0 amide bonds. The van der Waals surface area contributed by atoms with Crippen LogP contribution < -0.4 is 10.5 Å². The average molecular weight is 189 g/mol. The van der Waals surface area contributed by atoms with Crippen LogP contribution >= 0.6 is 12.4 Å². The second kappa shape index (κ2) is 4.95. The van der Waals surface area contributed by atoms with Crippen molar-refractivity contribution >= 4 is 12.4 Å². The molecule has 0 aromatic carbocycles. The van der Waals surface area contributed by atoms with Crippen LogP contribution in [-0.2, 0) is 0 Å². The molecule has 0 aliphatic carbocycles. The minimum Gasteiger partial charge on any atom is -0.481 e. The smallest absolute Gasteiger partial charge is 0.213 e. The quantitative estimate of drug-likeness (QED) is 0.766. The Balaban J connectivity index is 0.00000121. The molecule has 3 nitrogen and oxygen atoms in total. The predicted octanol–water partition coefficient (Wildman–Crippen LogP) is 1.53. The normalized spacial score (nSPS) is 11.6. The second-order valence-corrected chi connectivity index (χ2v) is 2.39. The molecule has 1 atom stereocenters. The van der Waals surface area contributed by atoms with Gasteiger partial charge in [0.15, 0.2) is 0 Å². The van der Waals surface area contributed by atoms with E-state index in [9.17, 15) is 0 Å². The van der Waals surface area contributed by atoms with Gasteiger partial charge in [-0.1, -0.05) is 6.07 Å². The summed E-state index contributed by atoms with van der Waals surface area (Å²) in [7, 11) is 1.59. The molecule has 0 saturated heterocycles. The highest BCUT2D eigenvalue weighted by Gasteiger charge is 2.00. The first kappa shape index (κ1) is 11.2. The first-order valence-electron chi connectivity index (χ1n) is 3.50. The van der Waals surface area contributed by atoms with Gasteiger partial charge in [0, 0.05) is 12.1 Å². The molecule has 0 aliphatic rings. The molecule has 1 aromatic rings. The van der Waals surface area contributed by atoms with Crippen molar-refractivity contribution < 1.29 is 4.74 Å². The number of halogens is 1. The summed E-state index contributed by atoms with van der Waals surface area (Å²) in [6.45, 7) is 1.89. The number of nitrogens with zero attached hydrogens (tertiary/aromatic N) is 1. The van der Waals surface area contributed by atoms with Crippen LogP contribution in [0.1, 0.15) is 18.7 Å². The lowest BCUT2D eigenvalue weighted by Crippen LogP contribution is -2.07. The summed E-state index contributed by atoms with van der Waals surface area (Å²) in [6, 6.07) is 5.52. The molecule has 0 spiro atoms. The van der Waals surface area contributed by atoms with Gasteiger partial charge in [-0.05, 0) is 13.0 Å². The summed E-state index contributed by atoms with van der Waals surface area (Å²) >= 11 is 0. The molecule has 1 heterocycles. The van der Waals surface area contributed by atoms with Crippen LogP contribution in [0.25, 0.3) is 0 Å². The fourth-order valence-corrected chi connectivity index (χ4v) is 0.798. The van der Waals surface area contributed by atoms with Gasteiger partial charge >= 0.3 is 0 Å². The SMILES string of the molecule is COc1cccc([C@@H](C)N)n1.Cl. The molecular formula is C8H13ClN2O. The van der Waals surface area contributed by atoms with Gasteiger partial charge in [-0.15, -0.1) is 12.4 Å². The summed E-state index contributed by atoms with van der Waals surface area (Å²) in [5.41, 5.74) is 6.47. The summed E-state index contributed by atoms with van der Waals surface area (Å²) in [4.78, 5) is 4.14. The second-order valence-electron chi connectivity index (χ2n) is 2.39. The van der Waals surface area contributed by atoms with Crippen LogP contribution in [0.15, 0.2) is 18.2 Å². The maximum atomic E-state index is 5.62. The molecule has 2 N–H and O–H groups in total. The standard InChI is InChI=1S/C8H12N2O.ClH/c1-6(9)7-4-3-5-8(10-7)11-2;/h3-6H,9H2,1-2H3;1H/t6-;/m1./s1. The molecule has 12 heavy (non-hydrogen) atoms. The zero-order valence-corrected chi connectivity index (χ0v) is 7.97. The summed E-state index contributed by atoms with van der Waals surface area (Å²) in [5, 5.41) is 0. The van der Waals surface area contributed by atoms with E-state index in [-0.39, 0.29) is 18.4 Å². The minimum atomic E-state index is -0.0369. The monoisotopic (exact) mass is 188 g/mol. The topological polar surface area (TPSA) is 48.1 Å². The largest absolute Gasteiger partial charge is 0.481 e. The van der Waals surface area contributed by atoms with E-state index in [0.717, 1.165) is 5.69 Å². The van der Waals surface area contributed by atoms with Gasteiger partial charge in [-0.2, -0.15) is 0 Å². The third-order valence-electron chi connectivity index (χ3n) is 1.42. The van der Waals surface area contributed by atoms with Crippen LogP contribution in [0.5, 0.6) is 5.88 Å². The maximum Gasteiger partial charge on any atom is 0.213 e. The van der Waals surface area contributed by atoms with Crippen LogP contribution in [0.4, 0.5) is 0 Å². The minimum absolute atomic E-state index is 0. The molecule has 1 aromatic heterocycles. The molecule has 0 radical (unpaired) electrons. The van der Waals surface area contributed by atoms with E-state index >= 15 is 0 Å². The van der Waals surface area contributed by atoms with Crippen molar-refractivity contribution in [2.75, 3.05) is 7.11 Å². The van der Waals surface area contributed by atoms with Gasteiger partial charge < -0.3 is 10.5 Å². The van der Waals surface area contributed by atoms with Crippen molar-refractivity contribution in [1.82, 2.24) is 4.98 Å². The Kier molecular flexibility index (Phi) is 4.62. The number of rotatable bonds is 2. The molecule has 0 saturated carbocycles. The Bertz CT molecular complexity index is 240. The number of hydrogen-bond acceptors (Lipinski definition) is 3. The number of hydrogen-bond donors (Lipinski definition) is 1. The molecule has 4 heteroatoms. The summed E-state index contributed by atoms with van der Waals surface area (Å²) in [5.74, 6) is 0.611. The Morgan fingerprint density at radius 3 is 2.67 bits per heavy atom. The van der Waals surface area contributed by atoms with E-state index in [4.69, 9.17) is 10.5 Å². The van der Waals surface area contributed by atoms with Gasteiger partial charge in [0.05, 0.1) is 12.8 Å². The van der Waals surface area contributed by atoms with Crippen LogP contribution in [0.2, 0.25) is 0 Å². The van der Waals surface area contributed by atoms with E-state index in [0.29, 0.717) is 5.88 Å². The fraction of sp³-hybridized carbons (Fsp3) is 0.375. The zero-order valence-electron chi connectivity index (χ0n) is 7.15. The highest BCUT2D eigenvalue weighted by atomic mass is 35.5. The number of ether oxygens (including phenoxy) is 1. The van der Waals surface area contributed by atoms with Crippen molar-refractivity contribution in [3.8, 4) is 5.88 Å². The Morgan fingerprint density at radius 1 is 1.50 bits per heavy atom. The molecule has 0 aliphatic heterocycles. The third-order valence-corrected chi connectivity index (χ3v) is 1.42. The Labute approximate surface area is 78.4 Å². The van der Waals surface area contributed by atoms with Crippen LogP contribution in [0, 0.1) is 0 Å². The molecular weight excluding hydrogens is 176 g/mol. The molecule has 0 fully saturated rings. The summed E-state index contributed by atoms with van der Waals surface area (Å²) in [6.07, 6.45) is 0. The van der Waals surface area contributed by atoms with Crippen molar-refractivity contribution in [3.05, 3.63) is 23.9 Å². The van der Waals surface area contributed by atoms with Crippen molar-refractivity contribution in [1.29, 1.82) is 0 Å². The first-order valence-corrected chi connectivity index (χ1v) is 3.50. The van der Waals surface area contributed by atoms with Crippen LogP contribution in [0.3, 0.4) is 0 Å². The molecule has 68 valence electrons. The number of methoxy groups -OCH3 is 1. The predicted molar refractivity (Wildman–Crippen MR) is 50.6 cm³/mol. The highest BCUT2D eigenvalue weighted by Crippen LogP contribution is 2.10. The fourth-order valence-electron chi connectivity index (χ4n) is 0.798. The average Bonchev–Trinajstić information content (AvgIpc) is 2.05. The molecule has 1 rings (SSSR count). The van der Waals surface area contributed by atoms with Crippen molar-refractivity contribution in [2.24, 2.45) is 5.73 Å². The van der Waals surface area contributed by atoms with E-state index in [1.54, 1.807) is 13.2 Å². The van der Waals surface area contributed by atoms with Gasteiger partial charge in [0.1, 0.15) is 0 Å². The van der Waals surface area contributed by atoms with Gasteiger partial charge in [0.2, 0.25) is 5.88 Å². The van der Waals surface area contributed by atoms with E-state index < -0.39 is 0 Å². The van der Waals surface area contributed by atoms with E-state index in [1.807, 2.05) is 19.1 Å². The Morgan fingerprint density at radius 2 is 2.17 bits per heavy atom. The third kappa shape index (κ3) is 2.68. The molecule has 0 unspecified atom stereocenters. The van der Waals surface area contributed by atoms with Gasteiger partial charge in [-0.25, -0.2) is 4.98 Å². The lowest BCUT2D eigenvalue weighted by Gasteiger charge is -2.05. The number of pyridine rings is 1.